The van der Waals surface area contributed by atoms with Crippen LogP contribution >= 0.6 is 0 Å². The number of carbonyl (C=O) groups excluding carboxylic acids is 3. The molecule has 0 saturated carbocycles. The SMILES string of the molecule is CCCCCCCCCCCCCCCCCCCC(=O)OC[C@H](COC(=O)CCCCCCCCCCCCCCCCC(C)C)OC(=O)CCCCCCCCCCCCCCC(C)C. The predicted octanol–water partition coefficient (Wildman–Crippen LogP) is 20.0. The van der Waals surface area contributed by atoms with Crippen LogP contribution in [0.3, 0.4) is 0 Å². The molecule has 0 saturated heterocycles. The summed E-state index contributed by atoms with van der Waals surface area (Å²) in [6.07, 6.45) is 58.1. The van der Waals surface area contributed by atoms with E-state index < -0.39 is 6.10 Å². The van der Waals surface area contributed by atoms with Crippen LogP contribution < -0.4 is 0 Å². The van der Waals surface area contributed by atoms with Gasteiger partial charge in [-0.25, -0.2) is 0 Å². The van der Waals surface area contributed by atoms with Gasteiger partial charge in [0.05, 0.1) is 0 Å². The average molecular weight is 948 g/mol. The molecular formula is C61H118O6. The molecule has 0 aliphatic rings. The second-order valence-electron chi connectivity index (χ2n) is 21.9. The summed E-state index contributed by atoms with van der Waals surface area (Å²) < 4.78 is 16.9. The van der Waals surface area contributed by atoms with Gasteiger partial charge < -0.3 is 14.2 Å². The molecule has 0 heterocycles. The van der Waals surface area contributed by atoms with Crippen molar-refractivity contribution in [3.8, 4) is 0 Å². The lowest BCUT2D eigenvalue weighted by atomic mass is 10.0. The van der Waals surface area contributed by atoms with Gasteiger partial charge in [0.2, 0.25) is 0 Å². The number of rotatable bonds is 55. The van der Waals surface area contributed by atoms with Crippen molar-refractivity contribution in [2.45, 2.75) is 349 Å². The maximum atomic E-state index is 12.9. The van der Waals surface area contributed by atoms with Crippen molar-refractivity contribution in [1.29, 1.82) is 0 Å². The Morgan fingerprint density at radius 1 is 0.284 bits per heavy atom. The van der Waals surface area contributed by atoms with Crippen LogP contribution in [-0.4, -0.2) is 37.2 Å². The van der Waals surface area contributed by atoms with E-state index in [0.29, 0.717) is 19.3 Å². The van der Waals surface area contributed by atoms with E-state index in [0.717, 1.165) is 69.6 Å². The molecule has 6 nitrogen and oxygen atoms in total. The fourth-order valence-corrected chi connectivity index (χ4v) is 9.40. The van der Waals surface area contributed by atoms with Gasteiger partial charge in [0.1, 0.15) is 13.2 Å². The van der Waals surface area contributed by atoms with Crippen LogP contribution in [0, 0.1) is 11.8 Å². The van der Waals surface area contributed by atoms with Crippen LogP contribution in [0.2, 0.25) is 0 Å². The van der Waals surface area contributed by atoms with Crippen molar-refractivity contribution < 1.29 is 28.6 Å². The van der Waals surface area contributed by atoms with E-state index in [-0.39, 0.29) is 31.1 Å². The lowest BCUT2D eigenvalue weighted by Gasteiger charge is -2.18. The lowest BCUT2D eigenvalue weighted by molar-refractivity contribution is -0.167. The highest BCUT2D eigenvalue weighted by Gasteiger charge is 2.19. The van der Waals surface area contributed by atoms with Gasteiger partial charge >= 0.3 is 17.9 Å². The molecule has 0 rings (SSSR count). The topological polar surface area (TPSA) is 78.9 Å². The number of esters is 3. The van der Waals surface area contributed by atoms with Crippen molar-refractivity contribution in [2.75, 3.05) is 13.2 Å². The van der Waals surface area contributed by atoms with Gasteiger partial charge in [-0.15, -0.1) is 0 Å². The third-order valence-electron chi connectivity index (χ3n) is 14.0. The normalized spacial score (nSPS) is 12.0. The summed E-state index contributed by atoms with van der Waals surface area (Å²) in [4.78, 5) is 38.2. The molecule has 0 bridgehead atoms. The van der Waals surface area contributed by atoms with E-state index in [1.54, 1.807) is 0 Å². The Hall–Kier alpha value is -1.59. The second-order valence-corrected chi connectivity index (χ2v) is 21.9. The molecule has 6 heteroatoms. The van der Waals surface area contributed by atoms with Crippen molar-refractivity contribution in [3.05, 3.63) is 0 Å². The summed E-state index contributed by atoms with van der Waals surface area (Å²) >= 11 is 0. The molecule has 398 valence electrons. The maximum absolute atomic E-state index is 12.9. The Labute approximate surface area is 418 Å². The van der Waals surface area contributed by atoms with Gasteiger partial charge in [0.15, 0.2) is 6.10 Å². The Morgan fingerprint density at radius 2 is 0.493 bits per heavy atom. The molecule has 1 atom stereocenters. The summed E-state index contributed by atoms with van der Waals surface area (Å²) in [6.45, 7) is 11.4. The fourth-order valence-electron chi connectivity index (χ4n) is 9.40. The van der Waals surface area contributed by atoms with Crippen molar-refractivity contribution >= 4 is 17.9 Å². The highest BCUT2D eigenvalue weighted by molar-refractivity contribution is 5.71. The first-order valence-electron chi connectivity index (χ1n) is 30.2. The zero-order valence-corrected chi connectivity index (χ0v) is 46.0. The van der Waals surface area contributed by atoms with Gasteiger partial charge in [-0.3, -0.25) is 14.4 Å². The Balaban J connectivity index is 4.29. The summed E-state index contributed by atoms with van der Waals surface area (Å²) in [6, 6.07) is 0. The minimum absolute atomic E-state index is 0.0623. The van der Waals surface area contributed by atoms with Crippen molar-refractivity contribution in [2.24, 2.45) is 11.8 Å². The smallest absolute Gasteiger partial charge is 0.306 e. The van der Waals surface area contributed by atoms with Crippen LogP contribution in [-0.2, 0) is 28.6 Å². The van der Waals surface area contributed by atoms with E-state index >= 15 is 0 Å². The van der Waals surface area contributed by atoms with Gasteiger partial charge in [-0.2, -0.15) is 0 Å². The summed E-state index contributed by atoms with van der Waals surface area (Å²) in [5.41, 5.74) is 0. The third kappa shape index (κ3) is 55.2. The highest BCUT2D eigenvalue weighted by Crippen LogP contribution is 2.18. The zero-order valence-electron chi connectivity index (χ0n) is 46.0. The molecule has 0 aliphatic carbocycles. The fraction of sp³-hybridized carbons (Fsp3) is 0.951. The number of hydrogen-bond acceptors (Lipinski definition) is 6. The monoisotopic (exact) mass is 947 g/mol. The molecule has 0 aliphatic heterocycles. The number of hydrogen-bond donors (Lipinski definition) is 0. The third-order valence-corrected chi connectivity index (χ3v) is 14.0. The molecular weight excluding hydrogens is 829 g/mol. The largest absolute Gasteiger partial charge is 0.462 e. The Bertz CT molecular complexity index is 1020. The van der Waals surface area contributed by atoms with Crippen LogP contribution in [0.5, 0.6) is 0 Å². The molecule has 0 spiro atoms. The first-order chi connectivity index (χ1) is 32.7. The Morgan fingerprint density at radius 3 is 0.731 bits per heavy atom. The minimum atomic E-state index is -0.763. The van der Waals surface area contributed by atoms with Gasteiger partial charge in [0, 0.05) is 19.3 Å². The maximum Gasteiger partial charge on any atom is 0.306 e. The molecule has 0 amide bonds. The second kappa shape index (κ2) is 53.8. The van der Waals surface area contributed by atoms with Gasteiger partial charge in [0.25, 0.3) is 0 Å². The average Bonchev–Trinajstić information content (AvgIpc) is 3.30. The van der Waals surface area contributed by atoms with E-state index in [2.05, 4.69) is 34.6 Å². The number of unbranched alkanes of at least 4 members (excludes halogenated alkanes) is 40. The number of ether oxygens (including phenoxy) is 3. The van der Waals surface area contributed by atoms with Crippen molar-refractivity contribution in [1.82, 2.24) is 0 Å². The first-order valence-corrected chi connectivity index (χ1v) is 30.2. The predicted molar refractivity (Wildman–Crippen MR) is 289 cm³/mol. The molecule has 0 aromatic heterocycles. The van der Waals surface area contributed by atoms with Gasteiger partial charge in [-0.05, 0) is 31.1 Å². The van der Waals surface area contributed by atoms with E-state index in [4.69, 9.17) is 14.2 Å². The summed E-state index contributed by atoms with van der Waals surface area (Å²) in [5, 5.41) is 0. The molecule has 0 unspecified atom stereocenters. The van der Waals surface area contributed by atoms with Gasteiger partial charge in [-0.1, -0.05) is 304 Å². The lowest BCUT2D eigenvalue weighted by Crippen LogP contribution is -2.30. The molecule has 0 aromatic carbocycles. The van der Waals surface area contributed by atoms with Crippen LogP contribution in [0.15, 0.2) is 0 Å². The molecule has 0 aromatic rings. The quantitative estimate of drug-likeness (QED) is 0.0343. The summed E-state index contributed by atoms with van der Waals surface area (Å²) in [5.74, 6) is 0.841. The van der Waals surface area contributed by atoms with Crippen molar-refractivity contribution in [3.63, 3.8) is 0 Å². The molecule has 67 heavy (non-hydrogen) atoms. The van der Waals surface area contributed by atoms with E-state index in [1.807, 2.05) is 0 Å². The molecule has 0 N–H and O–H groups in total. The standard InChI is InChI=1S/C61H118O6/c1-6-7-8-9-10-11-12-13-14-15-16-20-26-31-36-41-46-51-59(62)65-54-58(67-61(64)53-48-43-38-33-28-23-22-25-30-35-40-45-50-57(4)5)55-66-60(63)52-47-42-37-32-27-21-18-17-19-24-29-34-39-44-49-56(2)3/h56-58H,6-55H2,1-5H3/t58-/m1/s1. The van der Waals surface area contributed by atoms with E-state index in [9.17, 15) is 14.4 Å². The van der Waals surface area contributed by atoms with Crippen LogP contribution in [0.4, 0.5) is 0 Å². The highest BCUT2D eigenvalue weighted by atomic mass is 16.6. The van der Waals surface area contributed by atoms with Crippen LogP contribution in [0.1, 0.15) is 343 Å². The zero-order chi connectivity index (χ0) is 48.9. The van der Waals surface area contributed by atoms with Crippen LogP contribution in [0.25, 0.3) is 0 Å². The molecule has 0 fully saturated rings. The summed E-state index contributed by atoms with van der Waals surface area (Å²) in [7, 11) is 0. The number of carbonyl (C=O) groups is 3. The minimum Gasteiger partial charge on any atom is -0.462 e. The van der Waals surface area contributed by atoms with E-state index in [1.165, 1.54) is 231 Å². The molecule has 0 radical (unpaired) electrons. The first kappa shape index (κ1) is 65.4. The Kier molecular flexibility index (Phi) is 52.5.